The smallest absolute Gasteiger partial charge is 0.264 e. The van der Waals surface area contributed by atoms with Crippen molar-refractivity contribution in [3.05, 3.63) is 70.3 Å². The molecule has 5 atom stereocenters. The molecule has 0 aromatic heterocycles. The van der Waals surface area contributed by atoms with Gasteiger partial charge in [0.1, 0.15) is 5.75 Å². The second-order valence-electron chi connectivity index (χ2n) is 12.9. The Bertz CT molecular complexity index is 1550. The molecule has 2 aliphatic carbocycles. The van der Waals surface area contributed by atoms with Crippen LogP contribution in [0, 0.1) is 11.8 Å². The number of halogens is 1. The van der Waals surface area contributed by atoms with E-state index in [1.54, 1.807) is 24.3 Å². The third kappa shape index (κ3) is 5.23. The molecule has 1 spiro atoms. The highest BCUT2D eigenvalue weighted by Gasteiger charge is 2.47. The van der Waals surface area contributed by atoms with E-state index in [1.807, 2.05) is 6.07 Å². The topological polar surface area (TPSA) is 105 Å². The number of nitrogens with zero attached hydrogens (tertiary/aromatic N) is 1. The van der Waals surface area contributed by atoms with Gasteiger partial charge < -0.3 is 19.5 Å². The molecule has 2 N–H and O–H groups in total. The summed E-state index contributed by atoms with van der Waals surface area (Å²) in [5, 5.41) is 12.1. The third-order valence-corrected chi connectivity index (χ3v) is 11.5. The molecule has 224 valence electrons. The average molecular weight is 613 g/mol. The molecule has 2 fully saturated rings. The molecule has 0 radical (unpaired) electrons. The monoisotopic (exact) mass is 612 g/mol. The number of ether oxygens (including phenoxy) is 2. The lowest BCUT2D eigenvalue weighted by atomic mass is 9.66. The zero-order chi connectivity index (χ0) is 29.1. The van der Waals surface area contributed by atoms with Gasteiger partial charge in [0.05, 0.1) is 36.4 Å². The number of hydrogen-bond acceptors (Lipinski definition) is 7. The summed E-state index contributed by atoms with van der Waals surface area (Å²) in [6.45, 7) is 2.39. The summed E-state index contributed by atoms with van der Waals surface area (Å²) in [7, 11) is -3.96. The number of benzene rings is 2. The number of sulfonamides is 1. The molecule has 1 saturated heterocycles. The van der Waals surface area contributed by atoms with E-state index in [4.69, 9.17) is 21.1 Å². The summed E-state index contributed by atoms with van der Waals surface area (Å²) in [4.78, 5) is 15.6. The number of nitrogens with one attached hydrogen (secondary N) is 1. The van der Waals surface area contributed by atoms with Gasteiger partial charge in [0.15, 0.2) is 0 Å². The van der Waals surface area contributed by atoms with E-state index in [0.717, 1.165) is 49.4 Å². The number of hydrogen-bond donors (Lipinski definition) is 2. The number of aliphatic hydroxyl groups is 1. The van der Waals surface area contributed by atoms with Gasteiger partial charge in [-0.05, 0) is 85.4 Å². The van der Waals surface area contributed by atoms with Gasteiger partial charge in [-0.2, -0.15) is 0 Å². The van der Waals surface area contributed by atoms with E-state index >= 15 is 0 Å². The van der Waals surface area contributed by atoms with Crippen LogP contribution in [0.15, 0.2) is 48.6 Å². The van der Waals surface area contributed by atoms with Crippen molar-refractivity contribution in [2.45, 2.75) is 62.1 Å². The molecule has 2 aromatic rings. The Balaban J connectivity index is 1.30. The summed E-state index contributed by atoms with van der Waals surface area (Å²) in [5.41, 5.74) is 2.20. The van der Waals surface area contributed by atoms with Crippen LogP contribution in [0.2, 0.25) is 5.02 Å². The quantitative estimate of drug-likeness (QED) is 0.426. The molecule has 8 nitrogen and oxygen atoms in total. The van der Waals surface area contributed by atoms with Crippen LogP contribution < -0.4 is 14.4 Å². The van der Waals surface area contributed by atoms with Crippen LogP contribution in [-0.4, -0.2) is 63.2 Å². The van der Waals surface area contributed by atoms with E-state index in [0.29, 0.717) is 44.3 Å². The lowest BCUT2D eigenvalue weighted by Crippen LogP contribution is -2.52. The molecule has 7 rings (SSSR count). The SMILES string of the molecule is O=C1NS(=O)(=O)C/C=C\[C@@]2(O)CCO[C@H](C2)[C@@H]2CC[C@H]2CN2C[C@@]3(CCCc4cc(Cl)ccc43)COc3ccc1cc32. The first-order valence-electron chi connectivity index (χ1n) is 15.0. The standard InChI is InChI=1S/C32H37ClN2O6S/c33-24-6-8-26-21(15-24)3-1-10-31(26)19-35-18-23-4-7-25(23)29-17-32(37,12-13-40-29)11-2-14-42(38,39)34-30(36)22-5-9-28(41-20-31)27(35)16-22/h2,5-6,8-9,11,15-16,23,25,29,37H,1,3-4,7,10,12-14,17-20H2,(H,34,36)/b11-2-/t23-,25+,29+,31-,32+/m0/s1. The van der Waals surface area contributed by atoms with E-state index < -0.39 is 27.3 Å². The Hall–Kier alpha value is -2.59. The minimum atomic E-state index is -3.96. The predicted molar refractivity (Wildman–Crippen MR) is 161 cm³/mol. The van der Waals surface area contributed by atoms with Gasteiger partial charge in [-0.3, -0.25) is 4.79 Å². The second-order valence-corrected chi connectivity index (χ2v) is 15.1. The van der Waals surface area contributed by atoms with Crippen molar-refractivity contribution in [3.63, 3.8) is 0 Å². The predicted octanol–water partition coefficient (Wildman–Crippen LogP) is 4.38. The molecule has 1 amide bonds. The maximum atomic E-state index is 13.2. The minimum Gasteiger partial charge on any atom is -0.490 e. The highest BCUT2D eigenvalue weighted by Crippen LogP contribution is 2.48. The number of amides is 1. The molecule has 5 aliphatic rings. The minimum absolute atomic E-state index is 0.100. The van der Waals surface area contributed by atoms with Crippen molar-refractivity contribution < 1.29 is 27.8 Å². The Morgan fingerprint density at radius 2 is 2.00 bits per heavy atom. The van der Waals surface area contributed by atoms with Crippen LogP contribution in [0.4, 0.5) is 5.69 Å². The van der Waals surface area contributed by atoms with Gasteiger partial charge in [0.2, 0.25) is 10.0 Å². The number of carbonyl (C=O) groups is 1. The third-order valence-electron chi connectivity index (χ3n) is 10.1. The first kappa shape index (κ1) is 28.2. The van der Waals surface area contributed by atoms with E-state index in [9.17, 15) is 18.3 Å². The molecular formula is C32H37ClN2O6S. The van der Waals surface area contributed by atoms with Crippen LogP contribution >= 0.6 is 11.6 Å². The van der Waals surface area contributed by atoms with Gasteiger partial charge in [-0.15, -0.1) is 0 Å². The Kier molecular flexibility index (Phi) is 7.08. The molecule has 3 heterocycles. The van der Waals surface area contributed by atoms with Crippen LogP contribution in [0.3, 0.4) is 0 Å². The summed E-state index contributed by atoms with van der Waals surface area (Å²) >= 11 is 6.39. The zero-order valence-corrected chi connectivity index (χ0v) is 25.1. The van der Waals surface area contributed by atoms with Crippen molar-refractivity contribution in [2.24, 2.45) is 11.8 Å². The molecule has 1 saturated carbocycles. The largest absolute Gasteiger partial charge is 0.490 e. The molecular weight excluding hydrogens is 576 g/mol. The Morgan fingerprint density at radius 3 is 2.83 bits per heavy atom. The van der Waals surface area contributed by atoms with Gasteiger partial charge in [0, 0.05) is 41.9 Å². The zero-order valence-electron chi connectivity index (χ0n) is 23.6. The fraction of sp³-hybridized carbons (Fsp3) is 0.531. The van der Waals surface area contributed by atoms with Crippen LogP contribution in [0.1, 0.15) is 60.0 Å². The highest BCUT2D eigenvalue weighted by molar-refractivity contribution is 7.90. The van der Waals surface area contributed by atoms with Crippen molar-refractivity contribution in [1.82, 2.24) is 4.72 Å². The maximum absolute atomic E-state index is 13.2. The molecule has 2 aromatic carbocycles. The number of anilines is 1. The number of carbonyl (C=O) groups excluding carboxylic acids is 1. The average Bonchev–Trinajstić information content (AvgIpc) is 3.07. The Labute approximate surface area is 252 Å². The highest BCUT2D eigenvalue weighted by atomic mass is 35.5. The van der Waals surface area contributed by atoms with E-state index in [2.05, 4.69) is 21.8 Å². The van der Waals surface area contributed by atoms with Gasteiger partial charge >= 0.3 is 0 Å². The number of aryl methyl sites for hydroxylation is 1. The molecule has 4 bridgehead atoms. The maximum Gasteiger partial charge on any atom is 0.264 e. The van der Waals surface area contributed by atoms with Gasteiger partial charge in [-0.25, -0.2) is 13.1 Å². The van der Waals surface area contributed by atoms with E-state index in [1.165, 1.54) is 17.2 Å². The summed E-state index contributed by atoms with van der Waals surface area (Å²) in [5.74, 6) is 0.250. The fourth-order valence-electron chi connectivity index (χ4n) is 7.81. The molecule has 10 heteroatoms. The second kappa shape index (κ2) is 10.5. The molecule has 42 heavy (non-hydrogen) atoms. The molecule has 3 aliphatic heterocycles. The number of fused-ring (bicyclic) bond motifs is 7. The summed E-state index contributed by atoms with van der Waals surface area (Å²) in [6, 6.07) is 11.4. The van der Waals surface area contributed by atoms with Crippen LogP contribution in [-0.2, 0) is 26.6 Å². The first-order chi connectivity index (χ1) is 20.1. The Morgan fingerprint density at radius 1 is 1.12 bits per heavy atom. The van der Waals surface area contributed by atoms with Crippen molar-refractivity contribution in [1.29, 1.82) is 0 Å². The summed E-state index contributed by atoms with van der Waals surface area (Å²) in [6.07, 6.45) is 8.83. The van der Waals surface area contributed by atoms with E-state index in [-0.39, 0.29) is 23.0 Å². The van der Waals surface area contributed by atoms with Crippen LogP contribution in [0.5, 0.6) is 5.75 Å². The van der Waals surface area contributed by atoms with Crippen LogP contribution in [0.25, 0.3) is 0 Å². The van der Waals surface area contributed by atoms with Gasteiger partial charge in [0.25, 0.3) is 5.91 Å². The summed E-state index contributed by atoms with van der Waals surface area (Å²) < 4.78 is 40.6. The molecule has 0 unspecified atom stereocenters. The number of rotatable bonds is 0. The lowest BCUT2D eigenvalue weighted by Gasteiger charge is -2.48. The van der Waals surface area contributed by atoms with Crippen molar-refractivity contribution in [3.8, 4) is 5.75 Å². The van der Waals surface area contributed by atoms with Crippen molar-refractivity contribution >= 4 is 33.2 Å². The fourth-order valence-corrected chi connectivity index (χ4v) is 8.84. The lowest BCUT2D eigenvalue weighted by molar-refractivity contribution is -0.125. The van der Waals surface area contributed by atoms with Gasteiger partial charge in [-0.1, -0.05) is 29.8 Å². The van der Waals surface area contributed by atoms with Crippen molar-refractivity contribution in [2.75, 3.05) is 37.0 Å². The first-order valence-corrected chi connectivity index (χ1v) is 17.0. The normalized spacial score (nSPS) is 34.6.